The molecule has 1 aromatic heterocycles. The SMILES string of the molecule is O=C(CC1CCN(Cc2ccc(OC(F)(F)F)cc2)C[C@H]1F)c1ccc(C(=O)N2CCC(C(=O)c3ccc(OC(F)(F)F)cc3)CC2)nc1. The smallest absolute Gasteiger partial charge is 0.406 e. The van der Waals surface area contributed by atoms with Gasteiger partial charge in [0.1, 0.15) is 23.4 Å². The molecule has 262 valence electrons. The minimum atomic E-state index is -4.83. The molecule has 0 radical (unpaired) electrons. The van der Waals surface area contributed by atoms with Crippen molar-refractivity contribution in [2.24, 2.45) is 11.8 Å². The first kappa shape index (κ1) is 35.8. The van der Waals surface area contributed by atoms with Gasteiger partial charge in [-0.2, -0.15) is 0 Å². The number of halogens is 7. The predicted octanol–water partition coefficient (Wildman–Crippen LogP) is 7.05. The molecule has 0 aliphatic carbocycles. The number of aromatic nitrogens is 1. The Labute approximate surface area is 276 Å². The van der Waals surface area contributed by atoms with E-state index in [1.165, 1.54) is 54.7 Å². The van der Waals surface area contributed by atoms with Crippen LogP contribution in [0.15, 0.2) is 66.9 Å². The van der Waals surface area contributed by atoms with Gasteiger partial charge in [-0.1, -0.05) is 12.1 Å². The zero-order valence-electron chi connectivity index (χ0n) is 26.0. The zero-order valence-corrected chi connectivity index (χ0v) is 26.0. The van der Waals surface area contributed by atoms with Gasteiger partial charge in [-0.3, -0.25) is 24.3 Å². The number of carbonyl (C=O) groups is 3. The van der Waals surface area contributed by atoms with Crippen LogP contribution in [0.2, 0.25) is 0 Å². The summed E-state index contributed by atoms with van der Waals surface area (Å²) < 4.78 is 97.1. The zero-order chi connectivity index (χ0) is 35.3. The van der Waals surface area contributed by atoms with E-state index in [2.05, 4.69) is 14.5 Å². The molecule has 2 fully saturated rings. The van der Waals surface area contributed by atoms with Crippen LogP contribution in [0.5, 0.6) is 11.5 Å². The van der Waals surface area contributed by atoms with Crippen molar-refractivity contribution in [3.63, 3.8) is 0 Å². The lowest BCUT2D eigenvalue weighted by atomic mass is 9.88. The van der Waals surface area contributed by atoms with E-state index in [9.17, 15) is 40.7 Å². The maximum Gasteiger partial charge on any atom is 0.573 e. The Morgan fingerprint density at radius 3 is 1.86 bits per heavy atom. The van der Waals surface area contributed by atoms with E-state index in [1.54, 1.807) is 4.90 Å². The standard InChI is InChI=1S/C34H32F7N3O5/c35-28-20-43(19-21-1-6-26(7-2-21)48-33(36,37)38)14-11-24(28)17-30(45)25-5-10-29(42-18-25)32(47)44-15-12-23(13-16-44)31(46)22-3-8-27(9-4-22)49-34(39,40)41/h1-10,18,23-24,28H,11-17,19-20H2/t24?,28-/m1/s1. The topological polar surface area (TPSA) is 89.0 Å². The molecular weight excluding hydrogens is 663 g/mol. The summed E-state index contributed by atoms with van der Waals surface area (Å²) in [6, 6.07) is 13.0. The molecule has 2 atom stereocenters. The number of likely N-dealkylation sites (tertiary alicyclic amines) is 2. The van der Waals surface area contributed by atoms with Crippen LogP contribution < -0.4 is 9.47 Å². The van der Waals surface area contributed by atoms with E-state index >= 15 is 4.39 Å². The third-order valence-corrected chi connectivity index (χ3v) is 8.60. The van der Waals surface area contributed by atoms with Gasteiger partial charge in [-0.05, 0) is 85.8 Å². The predicted molar refractivity (Wildman–Crippen MR) is 161 cm³/mol. The molecule has 49 heavy (non-hydrogen) atoms. The quantitative estimate of drug-likeness (QED) is 0.166. The third-order valence-electron chi connectivity index (χ3n) is 8.60. The fraction of sp³-hybridized carbons (Fsp3) is 0.412. The summed E-state index contributed by atoms with van der Waals surface area (Å²) in [6.45, 7) is 1.42. The Morgan fingerprint density at radius 2 is 1.33 bits per heavy atom. The maximum atomic E-state index is 15.1. The van der Waals surface area contributed by atoms with Gasteiger partial charge in [-0.25, -0.2) is 4.39 Å². The van der Waals surface area contributed by atoms with Gasteiger partial charge in [0, 0.05) is 55.8 Å². The summed E-state index contributed by atoms with van der Waals surface area (Å²) >= 11 is 0. The summed E-state index contributed by atoms with van der Waals surface area (Å²) in [5.74, 6) is -2.63. The van der Waals surface area contributed by atoms with Crippen LogP contribution >= 0.6 is 0 Å². The first-order valence-electron chi connectivity index (χ1n) is 15.5. The lowest BCUT2D eigenvalue weighted by Gasteiger charge is -2.34. The summed E-state index contributed by atoms with van der Waals surface area (Å²) in [5, 5.41) is 0. The van der Waals surface area contributed by atoms with Crippen molar-refractivity contribution in [1.29, 1.82) is 0 Å². The van der Waals surface area contributed by atoms with Crippen LogP contribution in [0.4, 0.5) is 30.7 Å². The van der Waals surface area contributed by atoms with Crippen molar-refractivity contribution in [1.82, 2.24) is 14.8 Å². The van der Waals surface area contributed by atoms with E-state index < -0.39 is 36.5 Å². The highest BCUT2D eigenvalue weighted by Crippen LogP contribution is 2.29. The molecule has 5 rings (SSSR count). The molecule has 8 nitrogen and oxygen atoms in total. The number of carbonyl (C=O) groups excluding carboxylic acids is 3. The number of Topliss-reactive ketones (excluding diaryl/α,β-unsaturated/α-hetero) is 2. The van der Waals surface area contributed by atoms with E-state index in [0.717, 1.165) is 12.1 Å². The number of rotatable bonds is 10. The largest absolute Gasteiger partial charge is 0.573 e. The first-order chi connectivity index (χ1) is 23.1. The van der Waals surface area contributed by atoms with E-state index in [1.807, 2.05) is 4.90 Å². The number of pyridine rings is 1. The second-order valence-electron chi connectivity index (χ2n) is 12.1. The van der Waals surface area contributed by atoms with Gasteiger partial charge in [0.05, 0.1) is 0 Å². The molecule has 15 heteroatoms. The normalized spacial score (nSPS) is 19.4. The van der Waals surface area contributed by atoms with Gasteiger partial charge in [-0.15, -0.1) is 26.3 Å². The highest BCUT2D eigenvalue weighted by Gasteiger charge is 2.34. The Kier molecular flexibility index (Phi) is 10.9. The van der Waals surface area contributed by atoms with Gasteiger partial charge in [0.2, 0.25) is 0 Å². The number of nitrogens with zero attached hydrogens (tertiary/aromatic N) is 3. The molecule has 0 spiro atoms. The maximum absolute atomic E-state index is 15.1. The van der Waals surface area contributed by atoms with Crippen LogP contribution in [0, 0.1) is 11.8 Å². The Bertz CT molecular complexity index is 1610. The van der Waals surface area contributed by atoms with Gasteiger partial charge >= 0.3 is 12.7 Å². The average molecular weight is 696 g/mol. The molecule has 0 N–H and O–H groups in total. The number of hydrogen-bond donors (Lipinski definition) is 0. The number of piperidine rings is 2. The van der Waals surface area contributed by atoms with Crippen molar-refractivity contribution < 1.29 is 54.6 Å². The summed E-state index contributed by atoms with van der Waals surface area (Å²) in [7, 11) is 0. The van der Waals surface area contributed by atoms with Gasteiger partial charge < -0.3 is 14.4 Å². The first-order valence-corrected chi connectivity index (χ1v) is 15.5. The number of amides is 1. The Hall–Kier alpha value is -4.53. The van der Waals surface area contributed by atoms with Crippen LogP contribution in [0.1, 0.15) is 62.5 Å². The molecule has 2 aromatic carbocycles. The van der Waals surface area contributed by atoms with Gasteiger partial charge in [0.15, 0.2) is 11.6 Å². The van der Waals surface area contributed by atoms with E-state index in [4.69, 9.17) is 0 Å². The second-order valence-corrected chi connectivity index (χ2v) is 12.1. The summed E-state index contributed by atoms with van der Waals surface area (Å²) in [5.41, 5.74) is 1.29. The van der Waals surface area contributed by atoms with Crippen LogP contribution in [-0.2, 0) is 6.54 Å². The highest BCUT2D eigenvalue weighted by molar-refractivity contribution is 5.99. The van der Waals surface area contributed by atoms with E-state index in [0.29, 0.717) is 37.9 Å². The van der Waals surface area contributed by atoms with E-state index in [-0.39, 0.29) is 66.1 Å². The Balaban J connectivity index is 1.06. The molecule has 0 bridgehead atoms. The minimum Gasteiger partial charge on any atom is -0.406 e. The second kappa shape index (κ2) is 14.9. The minimum absolute atomic E-state index is 0.0485. The lowest BCUT2D eigenvalue weighted by Crippen LogP contribution is -2.42. The molecular formula is C34H32F7N3O5. The molecule has 2 saturated heterocycles. The molecule has 1 unspecified atom stereocenters. The summed E-state index contributed by atoms with van der Waals surface area (Å²) in [4.78, 5) is 46.4. The molecule has 2 aliphatic rings. The lowest BCUT2D eigenvalue weighted by molar-refractivity contribution is -0.275. The highest BCUT2D eigenvalue weighted by atomic mass is 19.4. The number of ketones is 2. The van der Waals surface area contributed by atoms with Crippen molar-refractivity contribution in [2.45, 2.75) is 51.1 Å². The number of benzene rings is 2. The van der Waals surface area contributed by atoms with Crippen molar-refractivity contribution in [3.8, 4) is 11.5 Å². The Morgan fingerprint density at radius 1 is 0.755 bits per heavy atom. The average Bonchev–Trinajstić information content (AvgIpc) is 3.05. The van der Waals surface area contributed by atoms with Crippen molar-refractivity contribution in [3.05, 3.63) is 89.2 Å². The molecule has 3 aromatic rings. The molecule has 3 heterocycles. The summed E-state index contributed by atoms with van der Waals surface area (Å²) in [6.07, 6.45) is -8.56. The third kappa shape index (κ3) is 10.00. The molecule has 1 amide bonds. The number of ether oxygens (including phenoxy) is 2. The van der Waals surface area contributed by atoms with Crippen LogP contribution in [0.3, 0.4) is 0 Å². The molecule has 0 saturated carbocycles. The number of alkyl halides is 7. The fourth-order valence-corrected chi connectivity index (χ4v) is 6.05. The van der Waals surface area contributed by atoms with Crippen molar-refractivity contribution in [2.75, 3.05) is 26.2 Å². The van der Waals surface area contributed by atoms with Crippen LogP contribution in [-0.4, -0.2) is 77.3 Å². The fourth-order valence-electron chi connectivity index (χ4n) is 6.05. The van der Waals surface area contributed by atoms with Crippen molar-refractivity contribution >= 4 is 17.5 Å². The number of hydrogen-bond acceptors (Lipinski definition) is 7. The monoisotopic (exact) mass is 695 g/mol. The molecule has 2 aliphatic heterocycles. The van der Waals surface area contributed by atoms with Gasteiger partial charge in [0.25, 0.3) is 5.91 Å². The van der Waals surface area contributed by atoms with Crippen LogP contribution in [0.25, 0.3) is 0 Å².